The molecule has 0 aromatic heterocycles. The van der Waals surface area contributed by atoms with Gasteiger partial charge in [0.25, 0.3) is 0 Å². The lowest BCUT2D eigenvalue weighted by molar-refractivity contribution is 0.0926. The van der Waals surface area contributed by atoms with Gasteiger partial charge in [-0.2, -0.15) is 0 Å². The molecule has 0 saturated carbocycles. The van der Waals surface area contributed by atoms with Crippen LogP contribution in [0.2, 0.25) is 18.1 Å². The van der Waals surface area contributed by atoms with Crippen molar-refractivity contribution in [3.05, 3.63) is 35.4 Å². The zero-order valence-electron chi connectivity index (χ0n) is 13.0. The monoisotopic (exact) mass is 294 g/mol. The van der Waals surface area contributed by atoms with Crippen molar-refractivity contribution >= 4 is 22.7 Å². The van der Waals surface area contributed by atoms with E-state index in [9.17, 15) is 4.79 Å². The van der Waals surface area contributed by atoms with Gasteiger partial charge in [-0.05, 0) is 18.0 Å². The molecule has 1 aromatic carbocycles. The van der Waals surface area contributed by atoms with Gasteiger partial charge < -0.3 is 4.43 Å². The molecular weight excluding hydrogens is 268 g/mol. The smallest absolute Gasteiger partial charge is 0.187 e. The zero-order valence-corrected chi connectivity index (χ0v) is 15.5. The summed E-state index contributed by atoms with van der Waals surface area (Å²) in [4.78, 5) is 12.0. The van der Waals surface area contributed by atoms with Gasteiger partial charge in [0.1, 0.15) is 0 Å². The number of Topliss-reactive ketones (excluding diaryl/α,β-unsaturated/α-hetero) is 1. The third kappa shape index (κ3) is 4.71. The number of carbonyl (C=O) groups is 1. The maximum atomic E-state index is 12.0. The molecule has 0 bridgehead atoms. The minimum atomic E-state index is -1.32. The Labute approximate surface area is 120 Å². The standard InChI is InChI=1S/C15H26O2Si2/c1-12-8-7-9-13(10-12)14(16)11-17-18-19(5,6)15(2,3)4/h7-10H,11,18H2,1-6H3. The second-order valence-electron chi connectivity index (χ2n) is 6.92. The highest BCUT2D eigenvalue weighted by atomic mass is 29.2. The van der Waals surface area contributed by atoms with Crippen LogP contribution >= 0.6 is 0 Å². The van der Waals surface area contributed by atoms with E-state index >= 15 is 0 Å². The van der Waals surface area contributed by atoms with Crippen LogP contribution in [0.15, 0.2) is 24.3 Å². The predicted molar refractivity (Wildman–Crippen MR) is 87.2 cm³/mol. The first-order chi connectivity index (χ1) is 8.63. The van der Waals surface area contributed by atoms with Gasteiger partial charge in [0.15, 0.2) is 15.1 Å². The number of benzene rings is 1. The molecule has 0 spiro atoms. The molecule has 106 valence electrons. The molecule has 4 heteroatoms. The first-order valence-corrected chi connectivity index (χ1v) is 12.7. The van der Waals surface area contributed by atoms with Crippen molar-refractivity contribution in [2.45, 2.75) is 45.8 Å². The Morgan fingerprint density at radius 3 is 2.47 bits per heavy atom. The quantitative estimate of drug-likeness (QED) is 0.615. The third-order valence-corrected chi connectivity index (χ3v) is 15.2. The maximum absolute atomic E-state index is 12.0. The van der Waals surface area contributed by atoms with Crippen molar-refractivity contribution in [2.75, 3.05) is 6.61 Å². The molecule has 19 heavy (non-hydrogen) atoms. The summed E-state index contributed by atoms with van der Waals surface area (Å²) in [5.74, 6) is 0.106. The molecule has 2 nitrogen and oxygen atoms in total. The van der Waals surface area contributed by atoms with E-state index in [1.807, 2.05) is 31.2 Å². The van der Waals surface area contributed by atoms with Crippen LogP contribution in [-0.2, 0) is 4.43 Å². The van der Waals surface area contributed by atoms with E-state index in [-0.39, 0.29) is 12.4 Å². The summed E-state index contributed by atoms with van der Waals surface area (Å²) in [7, 11) is -1.92. The highest BCUT2D eigenvalue weighted by Gasteiger charge is 2.36. The molecule has 0 atom stereocenters. The Balaban J connectivity index is 2.53. The minimum Gasteiger partial charge on any atom is -0.420 e. The topological polar surface area (TPSA) is 26.3 Å². The molecule has 0 amide bonds. The molecule has 0 unspecified atom stereocenters. The molecule has 0 aliphatic heterocycles. The van der Waals surface area contributed by atoms with Crippen LogP contribution < -0.4 is 0 Å². The fourth-order valence-electron chi connectivity index (χ4n) is 1.52. The molecule has 0 radical (unpaired) electrons. The summed E-state index contributed by atoms with van der Waals surface area (Å²) in [6.45, 7) is 13.9. The average Bonchev–Trinajstić information content (AvgIpc) is 2.27. The molecule has 1 rings (SSSR count). The SMILES string of the molecule is Cc1cccc(C(=O)CO[SiH2][Si](C)(C)C(C)(C)C)c1. The minimum absolute atomic E-state index is 0.106. The average molecular weight is 295 g/mol. The lowest BCUT2D eigenvalue weighted by atomic mass is 10.1. The van der Waals surface area contributed by atoms with Crippen LogP contribution in [0.3, 0.4) is 0 Å². The Morgan fingerprint density at radius 1 is 1.32 bits per heavy atom. The molecule has 0 heterocycles. The Bertz CT molecular complexity index is 448. The molecule has 0 fully saturated rings. The summed E-state index contributed by atoms with van der Waals surface area (Å²) in [5, 5.41) is 0.353. The van der Waals surface area contributed by atoms with Crippen LogP contribution in [0.5, 0.6) is 0 Å². The molecule has 1 aromatic rings. The van der Waals surface area contributed by atoms with Crippen LogP contribution in [0, 0.1) is 6.92 Å². The van der Waals surface area contributed by atoms with E-state index in [1.165, 1.54) is 0 Å². The number of carbonyl (C=O) groups excluding carboxylic acids is 1. The van der Waals surface area contributed by atoms with E-state index in [0.29, 0.717) is 5.04 Å². The Hall–Kier alpha value is -0.716. The first kappa shape index (κ1) is 16.3. The number of aryl methyl sites for hydroxylation is 1. The van der Waals surface area contributed by atoms with Gasteiger partial charge in [-0.25, -0.2) is 0 Å². The summed E-state index contributed by atoms with van der Waals surface area (Å²) in [5.41, 5.74) is 1.89. The molecule has 0 N–H and O–H groups in total. The van der Waals surface area contributed by atoms with E-state index in [1.54, 1.807) is 0 Å². The van der Waals surface area contributed by atoms with E-state index in [4.69, 9.17) is 4.43 Å². The zero-order chi connectivity index (χ0) is 14.7. The van der Waals surface area contributed by atoms with Gasteiger partial charge in [-0.3, -0.25) is 4.79 Å². The fraction of sp³-hybridized carbons (Fsp3) is 0.533. The number of hydrogen-bond donors (Lipinski definition) is 0. The van der Waals surface area contributed by atoms with Crippen molar-refractivity contribution in [2.24, 2.45) is 0 Å². The molecule has 0 aliphatic rings. The van der Waals surface area contributed by atoms with Crippen molar-refractivity contribution in [3.63, 3.8) is 0 Å². The van der Waals surface area contributed by atoms with Crippen molar-refractivity contribution in [3.8, 4) is 0 Å². The van der Waals surface area contributed by atoms with Gasteiger partial charge in [0.2, 0.25) is 0 Å². The van der Waals surface area contributed by atoms with Crippen molar-refractivity contribution < 1.29 is 9.22 Å². The van der Waals surface area contributed by atoms with Gasteiger partial charge in [0.05, 0.1) is 14.2 Å². The van der Waals surface area contributed by atoms with Gasteiger partial charge in [-0.15, -0.1) is 0 Å². The number of ketones is 1. The van der Waals surface area contributed by atoms with Crippen LogP contribution in [-0.4, -0.2) is 29.3 Å². The summed E-state index contributed by atoms with van der Waals surface area (Å²) in [6.07, 6.45) is 0. The van der Waals surface area contributed by atoms with E-state index in [2.05, 4.69) is 33.9 Å². The second-order valence-corrected chi connectivity index (χ2v) is 19.1. The summed E-state index contributed by atoms with van der Waals surface area (Å²) < 4.78 is 5.83. The van der Waals surface area contributed by atoms with E-state index < -0.39 is 16.9 Å². The lowest BCUT2D eigenvalue weighted by Crippen LogP contribution is -2.45. The second kappa shape index (κ2) is 6.16. The highest BCUT2D eigenvalue weighted by Crippen LogP contribution is 2.34. The van der Waals surface area contributed by atoms with Crippen LogP contribution in [0.25, 0.3) is 0 Å². The molecular formula is C15H26O2Si2. The number of rotatable bonds is 5. The highest BCUT2D eigenvalue weighted by molar-refractivity contribution is 7.22. The third-order valence-electron chi connectivity index (χ3n) is 4.07. The summed E-state index contributed by atoms with van der Waals surface area (Å²) >= 11 is 0. The van der Waals surface area contributed by atoms with E-state index in [0.717, 1.165) is 11.1 Å². The van der Waals surface area contributed by atoms with Gasteiger partial charge in [-0.1, -0.05) is 57.6 Å². The predicted octanol–water partition coefficient (Wildman–Crippen LogP) is 3.28. The van der Waals surface area contributed by atoms with Gasteiger partial charge in [0, 0.05) is 5.56 Å². The molecule has 0 saturated heterocycles. The fourth-order valence-corrected chi connectivity index (χ4v) is 5.88. The number of hydrogen-bond acceptors (Lipinski definition) is 2. The van der Waals surface area contributed by atoms with Gasteiger partial charge >= 0.3 is 0 Å². The molecule has 0 aliphatic carbocycles. The van der Waals surface area contributed by atoms with Crippen molar-refractivity contribution in [1.29, 1.82) is 0 Å². The Kier molecular flexibility index (Phi) is 5.29. The normalized spacial score (nSPS) is 13.2. The van der Waals surface area contributed by atoms with Crippen LogP contribution in [0.4, 0.5) is 0 Å². The van der Waals surface area contributed by atoms with Crippen LogP contribution in [0.1, 0.15) is 36.7 Å². The van der Waals surface area contributed by atoms with Crippen molar-refractivity contribution in [1.82, 2.24) is 0 Å². The summed E-state index contributed by atoms with van der Waals surface area (Å²) in [6, 6.07) is 7.72. The lowest BCUT2D eigenvalue weighted by Gasteiger charge is -2.35. The largest absolute Gasteiger partial charge is 0.420 e. The maximum Gasteiger partial charge on any atom is 0.187 e. The first-order valence-electron chi connectivity index (χ1n) is 6.81. The Morgan fingerprint density at radius 2 is 1.95 bits per heavy atom.